The van der Waals surface area contributed by atoms with Crippen molar-refractivity contribution in [3.8, 4) is 5.69 Å². The van der Waals surface area contributed by atoms with E-state index in [9.17, 15) is 9.18 Å². The van der Waals surface area contributed by atoms with Gasteiger partial charge in [0.25, 0.3) is 0 Å². The maximum absolute atomic E-state index is 13.0. The maximum Gasteiger partial charge on any atom is 0.223 e. The topological polar surface area (TPSA) is 64.2 Å². The van der Waals surface area contributed by atoms with Crippen molar-refractivity contribution in [3.05, 3.63) is 48.0 Å². The second kappa shape index (κ2) is 5.29. The fourth-order valence-electron chi connectivity index (χ4n) is 2.88. The standard InChI is InChI=1S/C15H17FN4O/c1-19-14(21)6-10(7-17)15(19)11-8-18-20(9-11)13-4-2-12(16)3-5-13/h2-5,8-10,15H,6-7,17H2,1H3/t10-,15-/m1/s1. The number of nitrogens with two attached hydrogens (primary N) is 1. The van der Waals surface area contributed by atoms with Gasteiger partial charge in [0.05, 0.1) is 17.9 Å². The van der Waals surface area contributed by atoms with Crippen molar-refractivity contribution in [2.24, 2.45) is 11.7 Å². The Morgan fingerprint density at radius 3 is 2.76 bits per heavy atom. The molecule has 2 atom stereocenters. The quantitative estimate of drug-likeness (QED) is 0.930. The summed E-state index contributed by atoms with van der Waals surface area (Å²) in [5, 5.41) is 4.30. The minimum absolute atomic E-state index is 0.0447. The summed E-state index contributed by atoms with van der Waals surface area (Å²) in [5.74, 6) is -0.0752. The molecule has 1 saturated heterocycles. The first-order valence-corrected chi connectivity index (χ1v) is 6.86. The number of amides is 1. The highest BCUT2D eigenvalue weighted by Crippen LogP contribution is 2.36. The van der Waals surface area contributed by atoms with Gasteiger partial charge in [-0.15, -0.1) is 0 Å². The van der Waals surface area contributed by atoms with Crippen LogP contribution in [0, 0.1) is 11.7 Å². The van der Waals surface area contributed by atoms with Crippen molar-refractivity contribution in [2.75, 3.05) is 13.6 Å². The van der Waals surface area contributed by atoms with Crippen LogP contribution in [0.1, 0.15) is 18.0 Å². The van der Waals surface area contributed by atoms with Crippen LogP contribution in [0.2, 0.25) is 0 Å². The van der Waals surface area contributed by atoms with E-state index in [1.807, 2.05) is 6.20 Å². The number of benzene rings is 1. The van der Waals surface area contributed by atoms with Gasteiger partial charge in [-0.25, -0.2) is 9.07 Å². The molecule has 21 heavy (non-hydrogen) atoms. The second-order valence-corrected chi connectivity index (χ2v) is 5.34. The molecule has 0 saturated carbocycles. The second-order valence-electron chi connectivity index (χ2n) is 5.34. The predicted molar refractivity (Wildman–Crippen MR) is 76.2 cm³/mol. The van der Waals surface area contributed by atoms with Gasteiger partial charge in [0.1, 0.15) is 5.82 Å². The van der Waals surface area contributed by atoms with Crippen molar-refractivity contribution < 1.29 is 9.18 Å². The number of likely N-dealkylation sites (tertiary alicyclic amines) is 1. The Bertz CT molecular complexity index is 652. The Balaban J connectivity index is 1.91. The van der Waals surface area contributed by atoms with Gasteiger partial charge in [0.2, 0.25) is 5.91 Å². The summed E-state index contributed by atoms with van der Waals surface area (Å²) in [4.78, 5) is 13.6. The van der Waals surface area contributed by atoms with E-state index in [4.69, 9.17) is 5.73 Å². The Morgan fingerprint density at radius 2 is 2.10 bits per heavy atom. The number of aromatic nitrogens is 2. The highest BCUT2D eigenvalue weighted by atomic mass is 19.1. The number of hydrogen-bond acceptors (Lipinski definition) is 3. The van der Waals surface area contributed by atoms with E-state index in [-0.39, 0.29) is 23.7 Å². The molecule has 1 aromatic carbocycles. The third-order valence-electron chi connectivity index (χ3n) is 4.03. The Kier molecular flexibility index (Phi) is 3.47. The lowest BCUT2D eigenvalue weighted by Crippen LogP contribution is -2.26. The first-order chi connectivity index (χ1) is 10.1. The van der Waals surface area contributed by atoms with Crippen LogP contribution in [0.5, 0.6) is 0 Å². The zero-order chi connectivity index (χ0) is 15.0. The predicted octanol–water partition coefficient (Wildman–Crippen LogP) is 1.49. The molecule has 1 aromatic heterocycles. The Labute approximate surface area is 122 Å². The van der Waals surface area contributed by atoms with Crippen LogP contribution in [0.15, 0.2) is 36.7 Å². The number of halogens is 1. The zero-order valence-electron chi connectivity index (χ0n) is 11.7. The average molecular weight is 288 g/mol. The van der Waals surface area contributed by atoms with Crippen molar-refractivity contribution in [1.29, 1.82) is 0 Å². The van der Waals surface area contributed by atoms with Crippen molar-refractivity contribution >= 4 is 5.91 Å². The lowest BCUT2D eigenvalue weighted by Gasteiger charge is -2.22. The third-order valence-corrected chi connectivity index (χ3v) is 4.03. The molecular weight excluding hydrogens is 271 g/mol. The molecule has 3 rings (SSSR count). The fourth-order valence-corrected chi connectivity index (χ4v) is 2.88. The van der Waals surface area contributed by atoms with Gasteiger partial charge in [-0.05, 0) is 30.8 Å². The molecule has 2 aromatic rings. The number of rotatable bonds is 3. The van der Waals surface area contributed by atoms with Crippen LogP contribution in [0.3, 0.4) is 0 Å². The van der Waals surface area contributed by atoms with Crippen molar-refractivity contribution in [1.82, 2.24) is 14.7 Å². The minimum Gasteiger partial charge on any atom is -0.338 e. The largest absolute Gasteiger partial charge is 0.338 e. The number of carbonyl (C=O) groups is 1. The molecule has 1 aliphatic heterocycles. The average Bonchev–Trinajstić information content (AvgIpc) is 3.05. The van der Waals surface area contributed by atoms with Crippen LogP contribution in [-0.2, 0) is 4.79 Å². The molecule has 2 heterocycles. The molecule has 5 nitrogen and oxygen atoms in total. The zero-order valence-corrected chi connectivity index (χ0v) is 11.7. The number of carbonyl (C=O) groups excluding carboxylic acids is 1. The maximum atomic E-state index is 13.0. The van der Waals surface area contributed by atoms with Crippen LogP contribution < -0.4 is 5.73 Å². The molecule has 2 N–H and O–H groups in total. The smallest absolute Gasteiger partial charge is 0.223 e. The normalized spacial score (nSPS) is 22.0. The molecule has 1 fully saturated rings. The van der Waals surface area contributed by atoms with Crippen molar-refractivity contribution in [3.63, 3.8) is 0 Å². The van der Waals surface area contributed by atoms with Gasteiger partial charge in [-0.1, -0.05) is 0 Å². The molecule has 1 amide bonds. The number of nitrogens with zero attached hydrogens (tertiary/aromatic N) is 3. The molecule has 0 unspecified atom stereocenters. The van der Waals surface area contributed by atoms with E-state index in [0.29, 0.717) is 13.0 Å². The van der Waals surface area contributed by atoms with Gasteiger partial charge < -0.3 is 10.6 Å². The summed E-state index contributed by atoms with van der Waals surface area (Å²) in [6, 6.07) is 6.07. The van der Waals surface area contributed by atoms with Crippen molar-refractivity contribution in [2.45, 2.75) is 12.5 Å². The molecule has 0 aliphatic carbocycles. The fraction of sp³-hybridized carbons (Fsp3) is 0.333. The van der Waals surface area contributed by atoms with E-state index in [1.54, 1.807) is 35.0 Å². The van der Waals surface area contributed by atoms with Crippen LogP contribution in [-0.4, -0.2) is 34.2 Å². The summed E-state index contributed by atoms with van der Waals surface area (Å²) in [7, 11) is 1.79. The van der Waals surface area contributed by atoms with E-state index in [0.717, 1.165) is 11.3 Å². The molecule has 0 radical (unpaired) electrons. The third kappa shape index (κ3) is 2.42. The molecule has 1 aliphatic rings. The summed E-state index contributed by atoms with van der Waals surface area (Å²) >= 11 is 0. The van der Waals surface area contributed by atoms with Gasteiger partial charge in [-0.3, -0.25) is 4.79 Å². The minimum atomic E-state index is -0.282. The van der Waals surface area contributed by atoms with Crippen LogP contribution in [0.25, 0.3) is 5.69 Å². The highest BCUT2D eigenvalue weighted by molar-refractivity contribution is 5.79. The summed E-state index contributed by atoms with van der Waals surface area (Å²) < 4.78 is 14.6. The number of hydrogen-bond donors (Lipinski definition) is 1. The van der Waals surface area contributed by atoms with Crippen LogP contribution in [0.4, 0.5) is 4.39 Å². The summed E-state index contributed by atoms with van der Waals surface area (Å²) in [6.07, 6.45) is 4.08. The van der Waals surface area contributed by atoms with Gasteiger partial charge in [0, 0.05) is 31.1 Å². The lowest BCUT2D eigenvalue weighted by molar-refractivity contribution is -0.127. The first kappa shape index (κ1) is 13.8. The van der Waals surface area contributed by atoms with Gasteiger partial charge in [-0.2, -0.15) is 5.10 Å². The monoisotopic (exact) mass is 288 g/mol. The highest BCUT2D eigenvalue weighted by Gasteiger charge is 2.38. The Morgan fingerprint density at radius 1 is 1.38 bits per heavy atom. The molecular formula is C15H17FN4O. The molecule has 0 bridgehead atoms. The van der Waals surface area contributed by atoms with Crippen LogP contribution >= 0.6 is 0 Å². The first-order valence-electron chi connectivity index (χ1n) is 6.86. The van der Waals surface area contributed by atoms with Gasteiger partial charge in [0.15, 0.2) is 0 Å². The lowest BCUT2D eigenvalue weighted by atomic mass is 9.96. The summed E-state index contributed by atoms with van der Waals surface area (Å²) in [6.45, 7) is 0.461. The SMILES string of the molecule is CN1C(=O)C[C@H](CN)[C@@H]1c1cnn(-c2ccc(F)cc2)c1. The molecule has 110 valence electrons. The van der Waals surface area contributed by atoms with E-state index < -0.39 is 0 Å². The Hall–Kier alpha value is -2.21. The van der Waals surface area contributed by atoms with E-state index in [2.05, 4.69) is 5.10 Å². The summed E-state index contributed by atoms with van der Waals surface area (Å²) in [5.41, 5.74) is 7.50. The van der Waals surface area contributed by atoms with E-state index in [1.165, 1.54) is 12.1 Å². The van der Waals surface area contributed by atoms with Gasteiger partial charge >= 0.3 is 0 Å². The molecule has 0 spiro atoms. The molecule has 6 heteroatoms. The van der Waals surface area contributed by atoms with E-state index >= 15 is 0 Å².